The van der Waals surface area contributed by atoms with E-state index in [9.17, 15) is 14.4 Å². The van der Waals surface area contributed by atoms with E-state index in [1.165, 1.54) is 19.3 Å². The van der Waals surface area contributed by atoms with Crippen LogP contribution >= 0.6 is 0 Å². The first-order valence-corrected chi connectivity index (χ1v) is 20.8. The molecule has 5 aliphatic carbocycles. The van der Waals surface area contributed by atoms with Crippen molar-refractivity contribution in [2.24, 2.45) is 59.2 Å². The minimum atomic E-state index is -0.355. The molecular formula is C42H68O7. The van der Waals surface area contributed by atoms with Crippen molar-refractivity contribution >= 4 is 17.9 Å². The zero-order chi connectivity index (χ0) is 35.3. The van der Waals surface area contributed by atoms with Gasteiger partial charge in [0.1, 0.15) is 16.8 Å². The Morgan fingerprint density at radius 3 is 1.51 bits per heavy atom. The molecule has 0 aromatic heterocycles. The van der Waals surface area contributed by atoms with E-state index in [0.29, 0.717) is 35.5 Å². The van der Waals surface area contributed by atoms with Crippen molar-refractivity contribution in [1.82, 2.24) is 0 Å². The van der Waals surface area contributed by atoms with Gasteiger partial charge in [-0.05, 0) is 139 Å². The van der Waals surface area contributed by atoms with Gasteiger partial charge in [0.15, 0.2) is 0 Å². The van der Waals surface area contributed by atoms with Gasteiger partial charge in [0.25, 0.3) is 0 Å². The van der Waals surface area contributed by atoms with Crippen LogP contribution in [0, 0.1) is 59.2 Å². The lowest BCUT2D eigenvalue weighted by atomic mass is 9.65. The molecule has 0 amide bonds. The first-order valence-electron chi connectivity index (χ1n) is 20.8. The minimum absolute atomic E-state index is 0.0325. The Labute approximate surface area is 297 Å². The molecule has 5 saturated carbocycles. The minimum Gasteiger partial charge on any atom is -0.459 e. The third-order valence-corrected chi connectivity index (χ3v) is 15.3. The summed E-state index contributed by atoms with van der Waals surface area (Å²) < 4.78 is 24.2. The molecule has 2 aliphatic heterocycles. The maximum Gasteiger partial charge on any atom is 0.312 e. The Balaban J connectivity index is 0.000000232. The number of esters is 3. The summed E-state index contributed by atoms with van der Waals surface area (Å²) in [4.78, 5) is 39.7. The predicted molar refractivity (Wildman–Crippen MR) is 189 cm³/mol. The lowest BCUT2D eigenvalue weighted by Crippen LogP contribution is -2.48. The molecule has 12 atom stereocenters. The second-order valence-corrected chi connectivity index (χ2v) is 17.8. The highest BCUT2D eigenvalue weighted by Gasteiger charge is 2.68. The van der Waals surface area contributed by atoms with Gasteiger partial charge in [-0.25, -0.2) is 0 Å². The van der Waals surface area contributed by atoms with Crippen molar-refractivity contribution in [1.29, 1.82) is 0 Å². The van der Waals surface area contributed by atoms with E-state index in [2.05, 4.69) is 41.5 Å². The molecule has 0 aromatic rings. The summed E-state index contributed by atoms with van der Waals surface area (Å²) in [5, 5.41) is 0. The predicted octanol–water partition coefficient (Wildman–Crippen LogP) is 9.23. The van der Waals surface area contributed by atoms with Gasteiger partial charge >= 0.3 is 17.9 Å². The smallest absolute Gasteiger partial charge is 0.312 e. The topological polar surface area (TPSA) is 88.1 Å². The maximum atomic E-state index is 14.0. The van der Waals surface area contributed by atoms with Crippen LogP contribution in [0.25, 0.3) is 0 Å². The summed E-state index contributed by atoms with van der Waals surface area (Å²) in [6, 6.07) is 0. The summed E-state index contributed by atoms with van der Waals surface area (Å²) in [6.45, 7) is 17.1. The van der Waals surface area contributed by atoms with Gasteiger partial charge < -0.3 is 18.9 Å². The van der Waals surface area contributed by atoms with E-state index in [0.717, 1.165) is 83.5 Å². The fourth-order valence-corrected chi connectivity index (χ4v) is 12.8. The van der Waals surface area contributed by atoms with Gasteiger partial charge in [-0.1, -0.05) is 54.4 Å². The van der Waals surface area contributed by atoms with Crippen molar-refractivity contribution in [3.63, 3.8) is 0 Å². The summed E-state index contributed by atoms with van der Waals surface area (Å²) in [5.74, 6) is 2.61. The summed E-state index contributed by atoms with van der Waals surface area (Å²) >= 11 is 0. The van der Waals surface area contributed by atoms with E-state index in [4.69, 9.17) is 18.9 Å². The third kappa shape index (κ3) is 6.41. The van der Waals surface area contributed by atoms with E-state index in [1.54, 1.807) is 0 Å². The number of ether oxygens (including phenoxy) is 4. The molecule has 0 spiro atoms. The molecular weight excluding hydrogens is 616 g/mol. The number of carbonyl (C=O) groups excluding carboxylic acids is 3. The third-order valence-electron chi connectivity index (χ3n) is 15.3. The molecule has 7 rings (SSSR count). The van der Waals surface area contributed by atoms with Crippen molar-refractivity contribution in [2.75, 3.05) is 0 Å². The fourth-order valence-electron chi connectivity index (χ4n) is 12.8. The number of hydrogen-bond donors (Lipinski definition) is 0. The number of fused-ring (bicyclic) bond motifs is 6. The second-order valence-electron chi connectivity index (χ2n) is 17.8. The Morgan fingerprint density at radius 1 is 0.673 bits per heavy atom. The van der Waals surface area contributed by atoms with Gasteiger partial charge in [0, 0.05) is 5.92 Å². The average molecular weight is 685 g/mol. The molecule has 2 bridgehead atoms. The zero-order valence-electron chi connectivity index (χ0n) is 32.1. The highest BCUT2D eigenvalue weighted by atomic mass is 16.6. The zero-order valence-corrected chi connectivity index (χ0v) is 32.1. The van der Waals surface area contributed by atoms with Crippen LogP contribution in [0.5, 0.6) is 0 Å². The van der Waals surface area contributed by atoms with Gasteiger partial charge in [-0.15, -0.1) is 0 Å². The Hall–Kier alpha value is -1.63. The first kappa shape index (κ1) is 37.1. The highest BCUT2D eigenvalue weighted by Crippen LogP contribution is 2.68. The standard InChI is InChI=1S/C30H48O4.C12H20O3/c1-5-19-17-20(6-2)24-22-18-21(23(19)24)25(27(31)33-29(7-3)13-9-10-14-29)26(22)28(32)34-30(8-4)15-11-12-16-30;1-5-7-9-10(8(6-2)14-7)12(3,4)15-11(9)13/h19-26H,5-18H2,1-4H3;7-10H,5-6H2,1-4H3. The summed E-state index contributed by atoms with van der Waals surface area (Å²) in [5.41, 5.74) is -0.949. The normalized spacial score (nSPS) is 41.9. The average Bonchev–Trinajstić information content (AvgIpc) is 3.94. The van der Waals surface area contributed by atoms with Crippen LogP contribution < -0.4 is 0 Å². The molecule has 7 nitrogen and oxygen atoms in total. The molecule has 7 heteroatoms. The molecule has 2 heterocycles. The van der Waals surface area contributed by atoms with Crippen molar-refractivity contribution in [3.8, 4) is 0 Å². The van der Waals surface area contributed by atoms with E-state index in [-0.39, 0.29) is 70.6 Å². The monoisotopic (exact) mass is 684 g/mol. The van der Waals surface area contributed by atoms with Crippen LogP contribution in [0.1, 0.15) is 158 Å². The van der Waals surface area contributed by atoms with Crippen molar-refractivity contribution < 1.29 is 33.3 Å². The molecule has 49 heavy (non-hydrogen) atoms. The van der Waals surface area contributed by atoms with Crippen LogP contribution in [0.15, 0.2) is 0 Å². The lowest BCUT2D eigenvalue weighted by Gasteiger charge is -2.41. The van der Waals surface area contributed by atoms with Gasteiger partial charge in [0.2, 0.25) is 0 Å². The summed E-state index contributed by atoms with van der Waals surface area (Å²) in [7, 11) is 0. The SMILES string of the molecule is CCC1CC(CC)C2C3CC(C(C(=O)OC4(CC)CCCC4)C3C(=O)OC3(CC)CCCC3)C12.CCC1OC(CC)C2C1C(=O)OC2(C)C. The number of carbonyl (C=O) groups is 3. The Kier molecular flexibility index (Phi) is 10.9. The van der Waals surface area contributed by atoms with Crippen LogP contribution in [-0.4, -0.2) is 46.9 Å². The van der Waals surface area contributed by atoms with Crippen LogP contribution in [-0.2, 0) is 33.3 Å². The van der Waals surface area contributed by atoms with E-state index in [1.807, 2.05) is 13.8 Å². The fraction of sp³-hybridized carbons (Fsp3) is 0.929. The molecule has 0 radical (unpaired) electrons. The van der Waals surface area contributed by atoms with Crippen molar-refractivity contribution in [2.45, 2.75) is 187 Å². The number of cyclic esters (lactones) is 1. The number of hydrogen-bond acceptors (Lipinski definition) is 7. The van der Waals surface area contributed by atoms with Gasteiger partial charge in [-0.2, -0.15) is 0 Å². The molecule has 278 valence electrons. The molecule has 0 aromatic carbocycles. The Morgan fingerprint density at radius 2 is 1.12 bits per heavy atom. The molecule has 2 saturated heterocycles. The van der Waals surface area contributed by atoms with Crippen LogP contribution in [0.2, 0.25) is 0 Å². The molecule has 7 aliphatic rings. The largest absolute Gasteiger partial charge is 0.459 e. The highest BCUT2D eigenvalue weighted by molar-refractivity contribution is 5.84. The summed E-state index contributed by atoms with van der Waals surface area (Å²) in [6.07, 6.45) is 17.0. The molecule has 0 N–H and O–H groups in total. The second kappa shape index (κ2) is 14.4. The van der Waals surface area contributed by atoms with E-state index < -0.39 is 0 Å². The molecule has 12 unspecified atom stereocenters. The maximum absolute atomic E-state index is 14.0. The van der Waals surface area contributed by atoms with Crippen molar-refractivity contribution in [3.05, 3.63) is 0 Å². The van der Waals surface area contributed by atoms with Gasteiger partial charge in [-0.3, -0.25) is 14.4 Å². The lowest BCUT2D eigenvalue weighted by molar-refractivity contribution is -0.183. The van der Waals surface area contributed by atoms with Crippen LogP contribution in [0.3, 0.4) is 0 Å². The van der Waals surface area contributed by atoms with E-state index >= 15 is 0 Å². The number of rotatable bonds is 10. The van der Waals surface area contributed by atoms with Gasteiger partial charge in [0.05, 0.1) is 30.0 Å². The van der Waals surface area contributed by atoms with Crippen LogP contribution in [0.4, 0.5) is 0 Å². The molecule has 7 fully saturated rings. The Bertz CT molecular complexity index is 1140. The first-order chi connectivity index (χ1) is 23.4. The quantitative estimate of drug-likeness (QED) is 0.167.